The van der Waals surface area contributed by atoms with Crippen LogP contribution in [0.3, 0.4) is 0 Å². The lowest BCUT2D eigenvalue weighted by atomic mass is 10.0. The summed E-state index contributed by atoms with van der Waals surface area (Å²) in [5.74, 6) is -0.222. The van der Waals surface area contributed by atoms with E-state index in [-0.39, 0.29) is 5.82 Å². The molecule has 0 N–H and O–H groups in total. The van der Waals surface area contributed by atoms with Gasteiger partial charge in [-0.3, -0.25) is 0 Å². The normalized spacial score (nSPS) is 11.9. The summed E-state index contributed by atoms with van der Waals surface area (Å²) < 4.78 is 13.1. The van der Waals surface area contributed by atoms with Crippen LogP contribution in [0.15, 0.2) is 88.1 Å². The Hall–Kier alpha value is -2.65. The molecule has 0 radical (unpaired) electrons. The van der Waals surface area contributed by atoms with Crippen LogP contribution in [0.1, 0.15) is 22.3 Å². The highest BCUT2D eigenvalue weighted by Crippen LogP contribution is 2.22. The predicted octanol–water partition coefficient (Wildman–Crippen LogP) is 7.18. The van der Waals surface area contributed by atoms with Gasteiger partial charge in [0.25, 0.3) is 0 Å². The highest BCUT2D eigenvalue weighted by Gasteiger charge is 2.05. The van der Waals surface area contributed by atoms with Crippen molar-refractivity contribution in [1.29, 1.82) is 0 Å². The maximum Gasteiger partial charge on any atom is 0.123 e. The van der Waals surface area contributed by atoms with E-state index in [1.165, 1.54) is 28.8 Å². The van der Waals surface area contributed by atoms with E-state index in [9.17, 15) is 4.39 Å². The van der Waals surface area contributed by atoms with E-state index in [4.69, 9.17) is 4.99 Å². The summed E-state index contributed by atoms with van der Waals surface area (Å²) >= 11 is 1.55. The first-order valence-corrected chi connectivity index (χ1v) is 9.71. The summed E-state index contributed by atoms with van der Waals surface area (Å²) in [5.41, 5.74) is 6.58. The molecule has 136 valence electrons. The summed E-state index contributed by atoms with van der Waals surface area (Å²) in [6.45, 7) is 6.26. The van der Waals surface area contributed by atoms with Crippen LogP contribution in [0.2, 0.25) is 0 Å². The molecule has 0 aliphatic carbocycles. The molecule has 0 saturated heterocycles. The Balaban J connectivity index is 1.92. The highest BCUT2D eigenvalue weighted by molar-refractivity contribution is 8.02. The standard InChI is InChI=1S/C24H22FNS/c1-17-4-9-21(10-5-17)26-24(23-13-6-18(2)16-19(23)3)14-15-27-22-11-7-20(25)8-12-22/h4-16H,1-3H3/b15-14+,26-24?. The highest BCUT2D eigenvalue weighted by atomic mass is 32.2. The fourth-order valence-electron chi connectivity index (χ4n) is 2.74. The largest absolute Gasteiger partial charge is 0.248 e. The third-order valence-corrected chi connectivity index (χ3v) is 5.00. The Morgan fingerprint density at radius 3 is 2.19 bits per heavy atom. The SMILES string of the molecule is Cc1ccc(N=C(/C=C/Sc2ccc(F)cc2)c2ccc(C)cc2C)cc1. The van der Waals surface area contributed by atoms with Crippen LogP contribution in [0.4, 0.5) is 10.1 Å². The molecule has 1 nitrogen and oxygen atoms in total. The van der Waals surface area contributed by atoms with Crippen molar-refractivity contribution in [3.05, 3.63) is 106 Å². The molecule has 0 spiro atoms. The lowest BCUT2D eigenvalue weighted by Crippen LogP contribution is -2.00. The van der Waals surface area contributed by atoms with Gasteiger partial charge in [0.15, 0.2) is 0 Å². The molecule has 0 saturated carbocycles. The molecule has 0 fully saturated rings. The fraction of sp³-hybridized carbons (Fsp3) is 0.125. The maximum absolute atomic E-state index is 13.1. The van der Waals surface area contributed by atoms with Gasteiger partial charge in [-0.25, -0.2) is 9.38 Å². The first kappa shape index (κ1) is 19.1. The second kappa shape index (κ2) is 8.83. The molecule has 0 aromatic heterocycles. The van der Waals surface area contributed by atoms with E-state index in [1.807, 2.05) is 23.6 Å². The van der Waals surface area contributed by atoms with Crippen molar-refractivity contribution >= 4 is 23.2 Å². The Bertz CT molecular complexity index is 970. The lowest BCUT2D eigenvalue weighted by Gasteiger charge is -2.08. The fourth-order valence-corrected chi connectivity index (χ4v) is 3.38. The van der Waals surface area contributed by atoms with Crippen LogP contribution in [0, 0.1) is 26.6 Å². The number of hydrogen-bond donors (Lipinski definition) is 0. The molecule has 27 heavy (non-hydrogen) atoms. The summed E-state index contributed by atoms with van der Waals surface area (Å²) in [6.07, 6.45) is 2.02. The molecule has 0 unspecified atom stereocenters. The molecule has 0 aliphatic rings. The molecule has 0 aliphatic heterocycles. The van der Waals surface area contributed by atoms with E-state index >= 15 is 0 Å². The van der Waals surface area contributed by atoms with Crippen LogP contribution in [-0.2, 0) is 0 Å². The zero-order valence-corrected chi connectivity index (χ0v) is 16.6. The summed E-state index contributed by atoms with van der Waals surface area (Å²) in [4.78, 5) is 5.85. The van der Waals surface area contributed by atoms with Gasteiger partial charge in [0.05, 0.1) is 11.4 Å². The van der Waals surface area contributed by atoms with Crippen LogP contribution in [-0.4, -0.2) is 5.71 Å². The maximum atomic E-state index is 13.1. The van der Waals surface area contributed by atoms with E-state index < -0.39 is 0 Å². The predicted molar refractivity (Wildman–Crippen MR) is 115 cm³/mol. The Morgan fingerprint density at radius 2 is 1.52 bits per heavy atom. The molecule has 3 heteroatoms. The van der Waals surface area contributed by atoms with E-state index in [0.29, 0.717) is 0 Å². The summed E-state index contributed by atoms with van der Waals surface area (Å²) in [6, 6.07) is 21.1. The number of halogens is 1. The topological polar surface area (TPSA) is 12.4 Å². The second-order valence-corrected chi connectivity index (χ2v) is 7.50. The van der Waals surface area contributed by atoms with Crippen LogP contribution >= 0.6 is 11.8 Å². The summed E-state index contributed by atoms with van der Waals surface area (Å²) in [7, 11) is 0. The number of hydrogen-bond acceptors (Lipinski definition) is 2. The molecular weight excluding hydrogens is 353 g/mol. The van der Waals surface area contributed by atoms with E-state index in [0.717, 1.165) is 21.9 Å². The molecule has 0 heterocycles. The molecule has 3 rings (SSSR count). The monoisotopic (exact) mass is 375 g/mol. The van der Waals surface area contributed by atoms with Gasteiger partial charge in [0.2, 0.25) is 0 Å². The smallest absolute Gasteiger partial charge is 0.123 e. The van der Waals surface area contributed by atoms with Gasteiger partial charge in [0, 0.05) is 10.5 Å². The van der Waals surface area contributed by atoms with Gasteiger partial charge in [-0.15, -0.1) is 0 Å². The van der Waals surface area contributed by atoms with Gasteiger partial charge in [-0.05, 0) is 74.2 Å². The molecule has 0 bridgehead atoms. The third kappa shape index (κ3) is 5.41. The van der Waals surface area contributed by atoms with Crippen molar-refractivity contribution in [3.8, 4) is 0 Å². The average Bonchev–Trinajstić information content (AvgIpc) is 2.64. The summed E-state index contributed by atoms with van der Waals surface area (Å²) in [5, 5.41) is 2.00. The number of aryl methyl sites for hydroxylation is 3. The first-order chi connectivity index (χ1) is 13.0. The quantitative estimate of drug-likeness (QED) is 0.340. The molecule has 0 amide bonds. The molecular formula is C24H22FNS. The number of allylic oxidation sites excluding steroid dienone is 1. The van der Waals surface area contributed by atoms with Crippen LogP contribution < -0.4 is 0 Å². The number of nitrogens with zero attached hydrogens (tertiary/aromatic N) is 1. The van der Waals surface area contributed by atoms with Crippen molar-refractivity contribution in [2.24, 2.45) is 4.99 Å². The van der Waals surface area contributed by atoms with Gasteiger partial charge in [-0.2, -0.15) is 0 Å². The Labute approximate surface area is 164 Å². The van der Waals surface area contributed by atoms with Crippen molar-refractivity contribution in [2.75, 3.05) is 0 Å². The van der Waals surface area contributed by atoms with E-state index in [2.05, 4.69) is 51.1 Å². The number of rotatable bonds is 5. The molecule has 3 aromatic rings. The van der Waals surface area contributed by atoms with Gasteiger partial charge < -0.3 is 0 Å². The zero-order chi connectivity index (χ0) is 19.2. The minimum atomic E-state index is -0.222. The van der Waals surface area contributed by atoms with Crippen LogP contribution in [0.5, 0.6) is 0 Å². The minimum absolute atomic E-state index is 0.222. The zero-order valence-electron chi connectivity index (χ0n) is 15.7. The van der Waals surface area contributed by atoms with Crippen molar-refractivity contribution in [3.63, 3.8) is 0 Å². The van der Waals surface area contributed by atoms with Gasteiger partial charge in [-0.1, -0.05) is 53.2 Å². The van der Waals surface area contributed by atoms with Crippen LogP contribution in [0.25, 0.3) is 0 Å². The van der Waals surface area contributed by atoms with Crippen molar-refractivity contribution < 1.29 is 4.39 Å². The molecule has 0 atom stereocenters. The Morgan fingerprint density at radius 1 is 0.852 bits per heavy atom. The van der Waals surface area contributed by atoms with Crippen molar-refractivity contribution in [2.45, 2.75) is 25.7 Å². The number of aliphatic imine (C=N–C) groups is 1. The lowest BCUT2D eigenvalue weighted by molar-refractivity contribution is 0.626. The van der Waals surface area contributed by atoms with Crippen molar-refractivity contribution in [1.82, 2.24) is 0 Å². The second-order valence-electron chi connectivity index (χ2n) is 6.53. The first-order valence-electron chi connectivity index (χ1n) is 8.83. The average molecular weight is 376 g/mol. The third-order valence-electron chi connectivity index (χ3n) is 4.19. The van der Waals surface area contributed by atoms with Gasteiger partial charge in [0.1, 0.15) is 5.82 Å². The van der Waals surface area contributed by atoms with E-state index in [1.54, 1.807) is 23.9 Å². The number of benzene rings is 3. The Kier molecular flexibility index (Phi) is 6.25. The minimum Gasteiger partial charge on any atom is -0.248 e. The van der Waals surface area contributed by atoms with Gasteiger partial charge >= 0.3 is 0 Å². The number of thioether (sulfide) groups is 1. The molecule has 3 aromatic carbocycles.